The highest BCUT2D eigenvalue weighted by atomic mass is 32.2. The van der Waals surface area contributed by atoms with Crippen LogP contribution < -0.4 is 10.1 Å². The number of halogens is 3. The zero-order valence-corrected chi connectivity index (χ0v) is 13.7. The van der Waals surface area contributed by atoms with Gasteiger partial charge in [0, 0.05) is 20.1 Å². The minimum Gasteiger partial charge on any atom is -0.484 e. The van der Waals surface area contributed by atoms with Gasteiger partial charge in [-0.25, -0.2) is 12.7 Å². The summed E-state index contributed by atoms with van der Waals surface area (Å²) in [6, 6.07) is 5.71. The lowest BCUT2D eigenvalue weighted by atomic mass is 10.2. The largest absolute Gasteiger partial charge is 0.484 e. The Morgan fingerprint density at radius 1 is 1.33 bits per heavy atom. The summed E-state index contributed by atoms with van der Waals surface area (Å²) in [6.45, 7) is -1.00. The number of alkyl halides is 3. The maximum absolute atomic E-state index is 12.0. The van der Waals surface area contributed by atoms with E-state index in [1.807, 2.05) is 0 Å². The molecule has 134 valence electrons. The molecule has 0 bridgehead atoms. The van der Waals surface area contributed by atoms with Gasteiger partial charge in [-0.05, 0) is 24.1 Å². The molecule has 0 aliphatic carbocycles. The van der Waals surface area contributed by atoms with E-state index in [9.17, 15) is 26.4 Å². The van der Waals surface area contributed by atoms with Gasteiger partial charge in [-0.1, -0.05) is 12.1 Å². The average Bonchev–Trinajstić information content (AvgIpc) is 2.77. The lowest BCUT2D eigenvalue weighted by molar-refractivity contribution is -0.153. The molecule has 0 aromatic heterocycles. The monoisotopic (exact) mass is 366 g/mol. The van der Waals surface area contributed by atoms with Crippen LogP contribution >= 0.6 is 0 Å². The standard InChI is InChI=1S/C14H17F3N2O4S/c1-19-7-6-12(24(19,21)22)13(20)18-8-10-2-4-11(5-3-10)23-9-14(15,16)17/h2-5,12H,6-9H2,1H3,(H,18,20). The summed E-state index contributed by atoms with van der Waals surface area (Å²) >= 11 is 0. The molecule has 0 radical (unpaired) electrons. The maximum Gasteiger partial charge on any atom is 0.422 e. The number of nitrogens with zero attached hydrogens (tertiary/aromatic N) is 1. The molecule has 1 amide bonds. The van der Waals surface area contributed by atoms with Crippen molar-refractivity contribution < 1.29 is 31.1 Å². The third kappa shape index (κ3) is 4.60. The molecule has 1 saturated heterocycles. The smallest absolute Gasteiger partial charge is 0.422 e. The highest BCUT2D eigenvalue weighted by molar-refractivity contribution is 7.90. The minimum absolute atomic E-state index is 0.0578. The van der Waals surface area contributed by atoms with Gasteiger partial charge in [0.1, 0.15) is 5.75 Å². The number of carbonyl (C=O) groups is 1. The number of nitrogens with one attached hydrogen (secondary N) is 1. The van der Waals surface area contributed by atoms with E-state index >= 15 is 0 Å². The summed E-state index contributed by atoms with van der Waals surface area (Å²) in [4.78, 5) is 12.0. The third-order valence-corrected chi connectivity index (χ3v) is 5.81. The van der Waals surface area contributed by atoms with E-state index in [1.54, 1.807) is 0 Å². The van der Waals surface area contributed by atoms with Crippen LogP contribution in [0, 0.1) is 0 Å². The van der Waals surface area contributed by atoms with Crippen molar-refractivity contribution in [2.24, 2.45) is 0 Å². The Kier molecular flexibility index (Phi) is 5.38. The molecule has 1 heterocycles. The number of hydrogen-bond donors (Lipinski definition) is 1. The molecule has 1 aliphatic rings. The minimum atomic E-state index is -4.41. The van der Waals surface area contributed by atoms with Crippen molar-refractivity contribution >= 4 is 15.9 Å². The molecule has 0 spiro atoms. The molecule has 10 heteroatoms. The van der Waals surface area contributed by atoms with Gasteiger partial charge in [0.15, 0.2) is 11.9 Å². The molecule has 1 aromatic carbocycles. The Labute approximate surface area is 137 Å². The summed E-state index contributed by atoms with van der Waals surface area (Å²) < 4.78 is 65.6. The number of sulfonamides is 1. The number of benzene rings is 1. The predicted octanol–water partition coefficient (Wildman–Crippen LogP) is 1.28. The maximum atomic E-state index is 12.0. The Hall–Kier alpha value is -1.81. The average molecular weight is 366 g/mol. The van der Waals surface area contributed by atoms with Crippen LogP contribution in [0.3, 0.4) is 0 Å². The topological polar surface area (TPSA) is 75.7 Å². The summed E-state index contributed by atoms with van der Waals surface area (Å²) in [5, 5.41) is 1.43. The summed E-state index contributed by atoms with van der Waals surface area (Å²) in [7, 11) is -2.18. The highest BCUT2D eigenvalue weighted by Gasteiger charge is 2.41. The normalized spacial score (nSPS) is 20.8. The second-order valence-corrected chi connectivity index (χ2v) is 7.63. The fraction of sp³-hybridized carbons (Fsp3) is 0.500. The molecule has 2 rings (SSSR count). The van der Waals surface area contributed by atoms with Crippen LogP contribution in [0.1, 0.15) is 12.0 Å². The van der Waals surface area contributed by atoms with Crippen LogP contribution in [0.2, 0.25) is 0 Å². The molecule has 1 unspecified atom stereocenters. The summed E-state index contributed by atoms with van der Waals surface area (Å²) in [5.41, 5.74) is 0.617. The Morgan fingerprint density at radius 3 is 2.46 bits per heavy atom. The lowest BCUT2D eigenvalue weighted by Crippen LogP contribution is -2.39. The van der Waals surface area contributed by atoms with Gasteiger partial charge in [-0.15, -0.1) is 0 Å². The highest BCUT2D eigenvalue weighted by Crippen LogP contribution is 2.21. The van der Waals surface area contributed by atoms with Crippen LogP contribution in [-0.2, 0) is 21.4 Å². The van der Waals surface area contributed by atoms with Crippen LogP contribution in [-0.4, -0.2) is 50.3 Å². The van der Waals surface area contributed by atoms with Crippen molar-refractivity contribution in [2.45, 2.75) is 24.4 Å². The predicted molar refractivity (Wildman–Crippen MR) is 79.8 cm³/mol. The third-order valence-electron chi connectivity index (χ3n) is 3.59. The van der Waals surface area contributed by atoms with Gasteiger partial charge in [-0.2, -0.15) is 13.2 Å². The number of carbonyl (C=O) groups excluding carboxylic acids is 1. The Bertz CT molecular complexity index is 689. The van der Waals surface area contributed by atoms with Crippen molar-refractivity contribution in [3.8, 4) is 5.75 Å². The van der Waals surface area contributed by atoms with Gasteiger partial charge in [0.2, 0.25) is 15.9 Å². The first-order valence-electron chi connectivity index (χ1n) is 7.11. The van der Waals surface area contributed by atoms with Crippen molar-refractivity contribution in [1.82, 2.24) is 9.62 Å². The quantitative estimate of drug-likeness (QED) is 0.852. The first kappa shape index (κ1) is 18.5. The van der Waals surface area contributed by atoms with E-state index in [1.165, 1.54) is 31.3 Å². The molecule has 1 fully saturated rings. The molecule has 1 N–H and O–H groups in total. The zero-order chi connectivity index (χ0) is 18.0. The van der Waals surface area contributed by atoms with Crippen LogP contribution in [0.15, 0.2) is 24.3 Å². The van der Waals surface area contributed by atoms with Gasteiger partial charge in [0.05, 0.1) is 0 Å². The van der Waals surface area contributed by atoms with Crippen LogP contribution in [0.25, 0.3) is 0 Å². The van der Waals surface area contributed by atoms with Crippen molar-refractivity contribution in [3.63, 3.8) is 0 Å². The van der Waals surface area contributed by atoms with E-state index in [0.29, 0.717) is 12.1 Å². The Balaban J connectivity index is 1.87. The van der Waals surface area contributed by atoms with Crippen molar-refractivity contribution in [1.29, 1.82) is 0 Å². The molecule has 6 nitrogen and oxygen atoms in total. The van der Waals surface area contributed by atoms with E-state index in [2.05, 4.69) is 10.1 Å². The fourth-order valence-corrected chi connectivity index (χ4v) is 3.78. The first-order chi connectivity index (χ1) is 11.1. The Morgan fingerprint density at radius 2 is 1.96 bits per heavy atom. The molecule has 1 aromatic rings. The zero-order valence-electron chi connectivity index (χ0n) is 12.8. The molecular formula is C14H17F3N2O4S. The molecule has 1 atom stereocenters. The SMILES string of the molecule is CN1CCC(C(=O)NCc2ccc(OCC(F)(F)F)cc2)S1(=O)=O. The fourth-order valence-electron chi connectivity index (χ4n) is 2.23. The summed E-state index contributed by atoms with van der Waals surface area (Å²) in [5.74, 6) is -0.529. The molecular weight excluding hydrogens is 349 g/mol. The number of rotatable bonds is 5. The van der Waals surface area contributed by atoms with Crippen molar-refractivity contribution in [3.05, 3.63) is 29.8 Å². The number of amides is 1. The molecule has 1 aliphatic heterocycles. The summed E-state index contributed by atoms with van der Waals surface area (Å²) in [6.07, 6.45) is -4.18. The molecule has 24 heavy (non-hydrogen) atoms. The molecule has 0 saturated carbocycles. The van der Waals surface area contributed by atoms with Crippen molar-refractivity contribution in [2.75, 3.05) is 20.2 Å². The van der Waals surface area contributed by atoms with Gasteiger partial charge < -0.3 is 10.1 Å². The number of hydrogen-bond acceptors (Lipinski definition) is 4. The second-order valence-electron chi connectivity index (χ2n) is 5.41. The van der Waals surface area contributed by atoms with E-state index < -0.39 is 34.0 Å². The van der Waals surface area contributed by atoms with Gasteiger partial charge in [-0.3, -0.25) is 4.79 Å². The van der Waals surface area contributed by atoms with E-state index in [4.69, 9.17) is 0 Å². The lowest BCUT2D eigenvalue weighted by Gasteiger charge is -2.13. The first-order valence-corrected chi connectivity index (χ1v) is 8.61. The van der Waals surface area contributed by atoms with Crippen LogP contribution in [0.5, 0.6) is 5.75 Å². The van der Waals surface area contributed by atoms with Crippen LogP contribution in [0.4, 0.5) is 13.2 Å². The number of ether oxygens (including phenoxy) is 1. The van der Waals surface area contributed by atoms with E-state index in [0.717, 1.165) is 4.31 Å². The second kappa shape index (κ2) is 6.98. The van der Waals surface area contributed by atoms with Gasteiger partial charge >= 0.3 is 6.18 Å². The van der Waals surface area contributed by atoms with E-state index in [-0.39, 0.29) is 18.7 Å². The van der Waals surface area contributed by atoms with Gasteiger partial charge in [0.25, 0.3) is 0 Å².